The van der Waals surface area contributed by atoms with Crippen molar-refractivity contribution in [2.75, 3.05) is 13.3 Å². The van der Waals surface area contributed by atoms with E-state index in [0.717, 1.165) is 24.6 Å². The van der Waals surface area contributed by atoms with Gasteiger partial charge >= 0.3 is 0 Å². The second-order valence-corrected chi connectivity index (χ2v) is 6.16. The van der Waals surface area contributed by atoms with Gasteiger partial charge in [-0.25, -0.2) is 0 Å². The molecule has 0 radical (unpaired) electrons. The average Bonchev–Trinajstić information content (AvgIpc) is 2.87. The second kappa shape index (κ2) is 5.41. The summed E-state index contributed by atoms with van der Waals surface area (Å²) in [4.78, 5) is 0. The molecule has 2 aliphatic rings. The Morgan fingerprint density at radius 2 is 1.89 bits per heavy atom. The zero-order valence-corrected chi connectivity index (χ0v) is 11.7. The Morgan fingerprint density at radius 3 is 2.74 bits per heavy atom. The molecule has 104 valence electrons. The van der Waals surface area contributed by atoms with Gasteiger partial charge in [0.1, 0.15) is 0 Å². The molecule has 1 aliphatic heterocycles. The fourth-order valence-corrected chi connectivity index (χ4v) is 3.14. The van der Waals surface area contributed by atoms with E-state index in [1.165, 1.54) is 37.7 Å². The highest BCUT2D eigenvalue weighted by atomic mass is 16.7. The average molecular weight is 261 g/mol. The fraction of sp³-hybridized carbons (Fsp3) is 0.625. The van der Waals surface area contributed by atoms with Gasteiger partial charge in [-0.05, 0) is 36.0 Å². The van der Waals surface area contributed by atoms with Gasteiger partial charge in [-0.3, -0.25) is 0 Å². The lowest BCUT2D eigenvalue weighted by molar-refractivity contribution is 0.174. The maximum atomic E-state index is 5.41. The smallest absolute Gasteiger partial charge is 0.231 e. The molecule has 0 unspecified atom stereocenters. The van der Waals surface area contributed by atoms with Gasteiger partial charge in [-0.1, -0.05) is 32.3 Å². The van der Waals surface area contributed by atoms with Gasteiger partial charge in [0.2, 0.25) is 6.79 Å². The van der Waals surface area contributed by atoms with Gasteiger partial charge in [0.05, 0.1) is 0 Å². The normalized spacial score (nSPS) is 20.5. The molecule has 3 nitrogen and oxygen atoms in total. The molecule has 3 heteroatoms. The van der Waals surface area contributed by atoms with Crippen LogP contribution in [0.15, 0.2) is 18.2 Å². The van der Waals surface area contributed by atoms with Crippen LogP contribution in [0.2, 0.25) is 0 Å². The molecule has 1 aliphatic carbocycles. The van der Waals surface area contributed by atoms with Crippen LogP contribution in [0.3, 0.4) is 0 Å². The lowest BCUT2D eigenvalue weighted by atomic mass is 9.76. The van der Waals surface area contributed by atoms with Crippen LogP contribution in [0, 0.1) is 5.41 Å². The summed E-state index contributed by atoms with van der Waals surface area (Å²) in [5.41, 5.74) is 1.76. The van der Waals surface area contributed by atoms with E-state index in [1.54, 1.807) is 0 Å². The maximum absolute atomic E-state index is 5.41. The highest BCUT2D eigenvalue weighted by Gasteiger charge is 2.26. The standard InChI is InChI=1S/C16H23NO2/c1-16(7-3-2-4-8-16)11-17-10-13-5-6-14-15(9-13)19-12-18-14/h5-6,9,17H,2-4,7-8,10-12H2,1H3. The molecule has 0 saturated heterocycles. The lowest BCUT2D eigenvalue weighted by Gasteiger charge is -2.33. The monoisotopic (exact) mass is 261 g/mol. The maximum Gasteiger partial charge on any atom is 0.231 e. The molecule has 1 aromatic rings. The summed E-state index contributed by atoms with van der Waals surface area (Å²) >= 11 is 0. The highest BCUT2D eigenvalue weighted by molar-refractivity contribution is 5.44. The summed E-state index contributed by atoms with van der Waals surface area (Å²) in [7, 11) is 0. The number of hydrogen-bond donors (Lipinski definition) is 1. The van der Waals surface area contributed by atoms with Crippen LogP contribution >= 0.6 is 0 Å². The number of hydrogen-bond acceptors (Lipinski definition) is 3. The third kappa shape index (κ3) is 3.03. The summed E-state index contributed by atoms with van der Waals surface area (Å²) in [5.74, 6) is 1.74. The summed E-state index contributed by atoms with van der Waals surface area (Å²) in [6, 6.07) is 6.20. The van der Waals surface area contributed by atoms with E-state index in [4.69, 9.17) is 9.47 Å². The number of fused-ring (bicyclic) bond motifs is 1. The van der Waals surface area contributed by atoms with Crippen molar-refractivity contribution >= 4 is 0 Å². The van der Waals surface area contributed by atoms with E-state index in [2.05, 4.69) is 24.4 Å². The van der Waals surface area contributed by atoms with E-state index in [9.17, 15) is 0 Å². The highest BCUT2D eigenvalue weighted by Crippen LogP contribution is 2.35. The van der Waals surface area contributed by atoms with Crippen LogP contribution in [0.25, 0.3) is 0 Å². The third-order valence-electron chi connectivity index (χ3n) is 4.38. The minimum atomic E-state index is 0.351. The first-order chi connectivity index (χ1) is 9.25. The zero-order valence-electron chi connectivity index (χ0n) is 11.7. The third-order valence-corrected chi connectivity index (χ3v) is 4.38. The number of nitrogens with one attached hydrogen (secondary N) is 1. The van der Waals surface area contributed by atoms with Gasteiger partial charge in [-0.2, -0.15) is 0 Å². The van der Waals surface area contributed by atoms with E-state index >= 15 is 0 Å². The largest absolute Gasteiger partial charge is 0.454 e. The predicted molar refractivity (Wildman–Crippen MR) is 75.5 cm³/mol. The molecule has 0 atom stereocenters. The summed E-state index contributed by atoms with van der Waals surface area (Å²) in [5, 5.41) is 3.61. The van der Waals surface area contributed by atoms with Crippen molar-refractivity contribution in [1.29, 1.82) is 0 Å². The Balaban J connectivity index is 1.52. The van der Waals surface area contributed by atoms with Gasteiger partial charge in [-0.15, -0.1) is 0 Å². The summed E-state index contributed by atoms with van der Waals surface area (Å²) < 4.78 is 10.7. The molecule has 1 aromatic carbocycles. The van der Waals surface area contributed by atoms with E-state index in [1.807, 2.05) is 6.07 Å². The molecule has 1 N–H and O–H groups in total. The first-order valence-electron chi connectivity index (χ1n) is 7.34. The molecule has 1 saturated carbocycles. The van der Waals surface area contributed by atoms with Crippen LogP contribution in [-0.2, 0) is 6.54 Å². The van der Waals surface area contributed by atoms with Gasteiger partial charge in [0.15, 0.2) is 11.5 Å². The fourth-order valence-electron chi connectivity index (χ4n) is 3.14. The van der Waals surface area contributed by atoms with E-state index < -0.39 is 0 Å². The topological polar surface area (TPSA) is 30.5 Å². The van der Waals surface area contributed by atoms with Crippen molar-refractivity contribution in [3.8, 4) is 11.5 Å². The van der Waals surface area contributed by atoms with Crippen molar-refractivity contribution in [1.82, 2.24) is 5.32 Å². The van der Waals surface area contributed by atoms with Crippen LogP contribution in [0.4, 0.5) is 0 Å². The van der Waals surface area contributed by atoms with Crippen LogP contribution < -0.4 is 14.8 Å². The molecule has 0 bridgehead atoms. The second-order valence-electron chi connectivity index (χ2n) is 6.16. The van der Waals surface area contributed by atoms with Gasteiger partial charge in [0, 0.05) is 13.1 Å². The minimum absolute atomic E-state index is 0.351. The molecule has 3 rings (SSSR count). The number of benzene rings is 1. The lowest BCUT2D eigenvalue weighted by Crippen LogP contribution is -2.33. The summed E-state index contributed by atoms with van der Waals surface area (Å²) in [6.45, 7) is 4.79. The number of ether oxygens (including phenoxy) is 2. The van der Waals surface area contributed by atoms with Crippen LogP contribution in [0.1, 0.15) is 44.6 Å². The Kier molecular flexibility index (Phi) is 3.65. The van der Waals surface area contributed by atoms with E-state index in [0.29, 0.717) is 12.2 Å². The predicted octanol–water partition coefficient (Wildman–Crippen LogP) is 3.48. The molecular formula is C16H23NO2. The van der Waals surface area contributed by atoms with Crippen LogP contribution in [-0.4, -0.2) is 13.3 Å². The first-order valence-corrected chi connectivity index (χ1v) is 7.34. The Hall–Kier alpha value is -1.22. The molecule has 1 heterocycles. The van der Waals surface area contributed by atoms with Gasteiger partial charge in [0.25, 0.3) is 0 Å². The Bertz CT molecular complexity index is 438. The molecule has 0 aromatic heterocycles. The van der Waals surface area contributed by atoms with E-state index in [-0.39, 0.29) is 0 Å². The molecule has 19 heavy (non-hydrogen) atoms. The van der Waals surface area contributed by atoms with Gasteiger partial charge < -0.3 is 14.8 Å². The Labute approximate surface area is 115 Å². The number of rotatable bonds is 4. The van der Waals surface area contributed by atoms with Crippen molar-refractivity contribution in [3.63, 3.8) is 0 Å². The molecule has 1 fully saturated rings. The SMILES string of the molecule is CC1(CNCc2ccc3c(c2)OCO3)CCCCC1. The van der Waals surface area contributed by atoms with Crippen LogP contribution in [0.5, 0.6) is 11.5 Å². The zero-order chi connectivity index (χ0) is 13.1. The Morgan fingerprint density at radius 1 is 1.11 bits per heavy atom. The quantitative estimate of drug-likeness (QED) is 0.900. The van der Waals surface area contributed by atoms with Crippen molar-refractivity contribution in [3.05, 3.63) is 23.8 Å². The minimum Gasteiger partial charge on any atom is -0.454 e. The molecular weight excluding hydrogens is 238 g/mol. The molecule has 0 amide bonds. The summed E-state index contributed by atoms with van der Waals surface area (Å²) in [6.07, 6.45) is 6.92. The molecule has 0 spiro atoms. The van der Waals surface area contributed by atoms with Crippen molar-refractivity contribution in [2.45, 2.75) is 45.6 Å². The van der Waals surface area contributed by atoms with Crippen molar-refractivity contribution in [2.24, 2.45) is 5.41 Å². The first kappa shape index (κ1) is 12.8. The van der Waals surface area contributed by atoms with Crippen molar-refractivity contribution < 1.29 is 9.47 Å².